The summed E-state index contributed by atoms with van der Waals surface area (Å²) >= 11 is 7.64. The average Bonchev–Trinajstić information content (AvgIpc) is 3.31. The van der Waals surface area contributed by atoms with Crippen molar-refractivity contribution in [3.05, 3.63) is 119 Å². The molecule has 0 aromatic heterocycles. The molecule has 7 rings (SSSR count). The molecule has 2 aliphatic heterocycles. The van der Waals surface area contributed by atoms with E-state index in [1.165, 1.54) is 40.6 Å². The minimum Gasteiger partial charge on any atom is -0.380 e. The van der Waals surface area contributed by atoms with E-state index >= 15 is 0 Å². The lowest BCUT2D eigenvalue weighted by Gasteiger charge is -2.40. The molecule has 2 unspecified atom stereocenters. The van der Waals surface area contributed by atoms with Gasteiger partial charge in [-0.25, -0.2) is 21.6 Å². The molecule has 3 aliphatic rings. The smallest absolute Gasteiger partial charge is 0.380 e. The van der Waals surface area contributed by atoms with Crippen LogP contribution in [0, 0.1) is 5.41 Å². The number of thioether (sulfide) groups is 1. The van der Waals surface area contributed by atoms with Gasteiger partial charge >= 0.3 is 5.51 Å². The zero-order chi connectivity index (χ0) is 47.1. The first-order valence-corrected chi connectivity index (χ1v) is 26.3. The van der Waals surface area contributed by atoms with Crippen LogP contribution in [0.5, 0.6) is 0 Å². The van der Waals surface area contributed by atoms with Gasteiger partial charge in [0.25, 0.3) is 25.8 Å². The summed E-state index contributed by atoms with van der Waals surface area (Å²) in [5.74, 6) is -0.665. The maximum absolute atomic E-state index is 14.2. The molecule has 2 saturated heterocycles. The van der Waals surface area contributed by atoms with Crippen LogP contribution in [0.25, 0.3) is 5.57 Å². The molecule has 19 heteroatoms. The molecule has 4 aromatic rings. The molecule has 12 nitrogen and oxygen atoms in total. The Morgan fingerprint density at radius 3 is 2.23 bits per heavy atom. The molecule has 1 amide bonds. The van der Waals surface area contributed by atoms with E-state index in [1.807, 2.05) is 47.2 Å². The van der Waals surface area contributed by atoms with Crippen molar-refractivity contribution in [3.63, 3.8) is 0 Å². The molecular weight excluding hydrogens is 933 g/mol. The predicted molar refractivity (Wildman–Crippen MR) is 255 cm³/mol. The molecule has 2 heterocycles. The maximum atomic E-state index is 14.2. The van der Waals surface area contributed by atoms with Gasteiger partial charge in [-0.1, -0.05) is 54.4 Å². The minimum absolute atomic E-state index is 0.0108. The van der Waals surface area contributed by atoms with Crippen molar-refractivity contribution in [2.24, 2.45) is 11.1 Å². The van der Waals surface area contributed by atoms with Gasteiger partial charge in [0.1, 0.15) is 4.90 Å². The SMILES string of the molecule is CC1(CN)CCC(c2ccc(Cl)cc2)=C(CN2CCN(c3ccc(C(=O)NS(=O)(=O)c4ccc(NC(CCN5CCOCC5)CSc5ccccc5)c(S(=O)(=O)C(F)(F)F)c4)cc3)CC2)C1. The summed E-state index contributed by atoms with van der Waals surface area (Å²) in [6, 6.07) is 25.7. The lowest BCUT2D eigenvalue weighted by Crippen LogP contribution is -2.47. The van der Waals surface area contributed by atoms with Gasteiger partial charge in [0, 0.05) is 85.3 Å². The number of sulfone groups is 1. The molecule has 66 heavy (non-hydrogen) atoms. The molecule has 356 valence electrons. The number of hydrogen-bond donors (Lipinski definition) is 3. The summed E-state index contributed by atoms with van der Waals surface area (Å²) < 4.78 is 103. The molecule has 2 fully saturated rings. The molecule has 1 aliphatic carbocycles. The zero-order valence-corrected chi connectivity index (χ0v) is 39.9. The fraction of sp³-hybridized carbons (Fsp3) is 0.426. The van der Waals surface area contributed by atoms with E-state index in [-0.39, 0.29) is 11.0 Å². The van der Waals surface area contributed by atoms with Crippen LogP contribution in [-0.2, 0) is 24.6 Å². The van der Waals surface area contributed by atoms with Crippen LogP contribution >= 0.6 is 23.4 Å². The summed E-state index contributed by atoms with van der Waals surface area (Å²) in [5, 5.41) is 3.69. The topological polar surface area (TPSA) is 154 Å². The van der Waals surface area contributed by atoms with Crippen molar-refractivity contribution >= 4 is 66.1 Å². The number of alkyl halides is 3. The second-order valence-corrected chi connectivity index (χ2v) is 22.5. The number of rotatable bonds is 17. The first-order valence-electron chi connectivity index (χ1n) is 21.9. The highest BCUT2D eigenvalue weighted by molar-refractivity contribution is 7.99. The van der Waals surface area contributed by atoms with Gasteiger partial charge < -0.3 is 20.7 Å². The van der Waals surface area contributed by atoms with Crippen LogP contribution < -0.4 is 20.7 Å². The third kappa shape index (κ3) is 12.5. The van der Waals surface area contributed by atoms with Crippen molar-refractivity contribution in [1.29, 1.82) is 0 Å². The Morgan fingerprint density at radius 1 is 0.894 bits per heavy atom. The number of carbonyl (C=O) groups is 1. The summed E-state index contributed by atoms with van der Waals surface area (Å²) in [6.07, 6.45) is 3.32. The second kappa shape index (κ2) is 21.4. The van der Waals surface area contributed by atoms with E-state index in [0.717, 1.165) is 61.6 Å². The number of anilines is 2. The molecule has 4 aromatic carbocycles. The number of amides is 1. The monoisotopic (exact) mass is 988 g/mol. The quantitative estimate of drug-likeness (QED) is 0.0886. The highest BCUT2D eigenvalue weighted by atomic mass is 35.5. The third-order valence-electron chi connectivity index (χ3n) is 12.5. The first kappa shape index (κ1) is 49.8. The van der Waals surface area contributed by atoms with Gasteiger partial charge in [-0.2, -0.15) is 13.2 Å². The second-order valence-electron chi connectivity index (χ2n) is 17.3. The van der Waals surface area contributed by atoms with E-state index in [0.29, 0.717) is 75.7 Å². The van der Waals surface area contributed by atoms with E-state index in [4.69, 9.17) is 22.1 Å². The number of morpholine rings is 1. The summed E-state index contributed by atoms with van der Waals surface area (Å²) in [6.45, 7) is 9.70. The number of carbonyl (C=O) groups excluding carboxylic acids is 1. The number of nitrogens with one attached hydrogen (secondary N) is 2. The number of ether oxygens (including phenoxy) is 1. The highest BCUT2D eigenvalue weighted by Crippen LogP contribution is 2.43. The van der Waals surface area contributed by atoms with Crippen molar-refractivity contribution in [2.45, 2.75) is 58.8 Å². The van der Waals surface area contributed by atoms with Crippen molar-refractivity contribution < 1.29 is 39.5 Å². The number of nitrogens with two attached hydrogens (primary N) is 1. The normalized spacial score (nSPS) is 19.7. The van der Waals surface area contributed by atoms with Gasteiger partial charge in [-0.3, -0.25) is 14.6 Å². The van der Waals surface area contributed by atoms with Crippen LogP contribution in [0.1, 0.15) is 48.5 Å². The fourth-order valence-electron chi connectivity index (χ4n) is 8.57. The Bertz CT molecular complexity index is 2560. The van der Waals surface area contributed by atoms with Crippen LogP contribution in [-0.4, -0.2) is 122 Å². The number of benzene rings is 4. The van der Waals surface area contributed by atoms with Gasteiger partial charge in [0.2, 0.25) is 0 Å². The van der Waals surface area contributed by atoms with Crippen LogP contribution in [0.15, 0.2) is 117 Å². The molecule has 2 atom stereocenters. The molecule has 0 bridgehead atoms. The Balaban J connectivity index is 1.02. The Kier molecular flexibility index (Phi) is 16.2. The Morgan fingerprint density at radius 2 is 1.58 bits per heavy atom. The molecule has 4 N–H and O–H groups in total. The van der Waals surface area contributed by atoms with Gasteiger partial charge in [-0.15, -0.1) is 11.8 Å². The fourth-order valence-corrected chi connectivity index (χ4v) is 11.7. The Labute approximate surface area is 395 Å². The number of nitrogens with zero attached hydrogens (tertiary/aromatic N) is 3. The van der Waals surface area contributed by atoms with Gasteiger partial charge in [0.05, 0.1) is 23.8 Å². The number of sulfonamides is 1. The Hall–Kier alpha value is -4.14. The van der Waals surface area contributed by atoms with Crippen LogP contribution in [0.2, 0.25) is 5.02 Å². The lowest BCUT2D eigenvalue weighted by molar-refractivity contribution is -0.0435. The van der Waals surface area contributed by atoms with Gasteiger partial charge in [0.15, 0.2) is 0 Å². The summed E-state index contributed by atoms with van der Waals surface area (Å²) in [7, 11) is -10.9. The number of allylic oxidation sites excluding steroid dienone is 1. The number of piperazine rings is 1. The van der Waals surface area contributed by atoms with E-state index < -0.39 is 52.8 Å². The third-order valence-corrected chi connectivity index (χ3v) is 16.8. The lowest BCUT2D eigenvalue weighted by atomic mass is 9.71. The number of halogens is 4. The highest BCUT2D eigenvalue weighted by Gasteiger charge is 2.48. The van der Waals surface area contributed by atoms with Crippen molar-refractivity contribution in [1.82, 2.24) is 14.5 Å². The standard InChI is InChI=1S/C47H56ClF3N6O6S3/c1-46(33-52)19-17-42(34-7-11-37(48)12-8-34)36(30-46)31-56-21-23-57(24-22-56)39-13-9-35(10-14-39)45(58)54-66(61,62)41-15-16-43(44(29-41)65(59,60)47(49,50)51)53-38(18-20-55-25-27-63-28-26-55)32-64-40-5-3-2-4-6-40/h2-16,29,38,53H,17-28,30-33,52H2,1H3,(H,54,58). The maximum Gasteiger partial charge on any atom is 0.501 e. The van der Waals surface area contributed by atoms with Crippen LogP contribution in [0.3, 0.4) is 0 Å². The summed E-state index contributed by atoms with van der Waals surface area (Å²) in [5.41, 5.74) is 4.86. The van der Waals surface area contributed by atoms with E-state index in [2.05, 4.69) is 39.1 Å². The number of hydrogen-bond acceptors (Lipinski definition) is 12. The zero-order valence-electron chi connectivity index (χ0n) is 36.7. The van der Waals surface area contributed by atoms with Crippen molar-refractivity contribution in [2.75, 3.05) is 88.1 Å². The van der Waals surface area contributed by atoms with E-state index in [9.17, 15) is 34.8 Å². The van der Waals surface area contributed by atoms with Crippen molar-refractivity contribution in [3.8, 4) is 0 Å². The molecular formula is C47H56ClF3N6O6S3. The molecule has 0 saturated carbocycles. The molecule has 0 spiro atoms. The van der Waals surface area contributed by atoms with E-state index in [1.54, 1.807) is 12.1 Å². The van der Waals surface area contributed by atoms with Crippen LogP contribution in [0.4, 0.5) is 24.5 Å². The largest absolute Gasteiger partial charge is 0.501 e. The van der Waals surface area contributed by atoms with Gasteiger partial charge in [-0.05, 0) is 116 Å². The predicted octanol–water partition coefficient (Wildman–Crippen LogP) is 7.77. The minimum atomic E-state index is -6.06. The average molecular weight is 990 g/mol. The first-order chi connectivity index (χ1) is 31.4. The summed E-state index contributed by atoms with van der Waals surface area (Å²) in [4.78, 5) is 19.0. The molecule has 0 radical (unpaired) electrons.